The lowest BCUT2D eigenvalue weighted by molar-refractivity contribution is -0.115. The van der Waals surface area contributed by atoms with Crippen LogP contribution in [0.25, 0.3) is 0 Å². The molecule has 144 valence electrons. The predicted molar refractivity (Wildman–Crippen MR) is 104 cm³/mol. The third-order valence-corrected chi connectivity index (χ3v) is 7.79. The zero-order valence-corrected chi connectivity index (χ0v) is 16.3. The fraction of sp³-hybridized carbons (Fsp3) is 0.333. The number of benzene rings is 1. The molecule has 0 unspecified atom stereocenters. The van der Waals surface area contributed by atoms with Crippen LogP contribution in [0.1, 0.15) is 34.5 Å². The second kappa shape index (κ2) is 8.20. The number of anilines is 1. The van der Waals surface area contributed by atoms with E-state index in [1.165, 1.54) is 16.4 Å². The number of carbonyl (C=O) groups is 2. The van der Waals surface area contributed by atoms with Gasteiger partial charge in [-0.2, -0.15) is 4.31 Å². The van der Waals surface area contributed by atoms with Crippen LogP contribution < -0.4 is 11.1 Å². The molecule has 0 saturated carbocycles. The molecule has 0 radical (unpaired) electrons. The Balaban J connectivity index is 1.63. The van der Waals surface area contributed by atoms with E-state index in [0.29, 0.717) is 29.2 Å². The number of piperidine rings is 1. The van der Waals surface area contributed by atoms with E-state index in [9.17, 15) is 18.0 Å². The maximum absolute atomic E-state index is 12.7. The summed E-state index contributed by atoms with van der Waals surface area (Å²) in [5.74, 6) is -0.792. The number of primary amides is 1. The Morgan fingerprint density at radius 1 is 1.04 bits per heavy atom. The van der Waals surface area contributed by atoms with Crippen LogP contribution in [-0.2, 0) is 21.2 Å². The van der Waals surface area contributed by atoms with Gasteiger partial charge in [-0.3, -0.25) is 9.59 Å². The largest absolute Gasteiger partial charge is 0.366 e. The number of rotatable bonds is 6. The van der Waals surface area contributed by atoms with Crippen LogP contribution in [0.4, 0.5) is 5.69 Å². The molecule has 7 nitrogen and oxygen atoms in total. The Morgan fingerprint density at radius 3 is 2.33 bits per heavy atom. The zero-order chi connectivity index (χ0) is 19.4. The number of hydrogen-bond acceptors (Lipinski definition) is 5. The molecule has 3 rings (SSSR count). The first-order valence-corrected chi connectivity index (χ1v) is 10.9. The second-order valence-corrected chi connectivity index (χ2v) is 9.69. The number of sulfonamides is 1. The number of carbonyl (C=O) groups excluding carboxylic acids is 2. The summed E-state index contributed by atoms with van der Waals surface area (Å²) in [4.78, 5) is 23.9. The van der Waals surface area contributed by atoms with E-state index in [-0.39, 0.29) is 16.5 Å². The third-order valence-electron chi connectivity index (χ3n) is 4.33. The second-order valence-electron chi connectivity index (χ2n) is 6.35. The molecule has 2 aromatic rings. The van der Waals surface area contributed by atoms with E-state index in [1.807, 2.05) is 0 Å². The molecule has 9 heteroatoms. The molecule has 1 fully saturated rings. The Labute approximate surface area is 162 Å². The summed E-state index contributed by atoms with van der Waals surface area (Å²) in [5.41, 5.74) is 6.09. The van der Waals surface area contributed by atoms with E-state index in [1.54, 1.807) is 24.3 Å². The summed E-state index contributed by atoms with van der Waals surface area (Å²) in [7, 11) is -3.47. The molecule has 3 N–H and O–H groups in total. The average Bonchev–Trinajstić information content (AvgIpc) is 3.12. The summed E-state index contributed by atoms with van der Waals surface area (Å²) in [6, 6.07) is 9.51. The summed E-state index contributed by atoms with van der Waals surface area (Å²) in [6.07, 6.45) is 2.91. The SMILES string of the molecule is NC(=O)c1ccc(NC(=O)Cc2ccc(S(=O)(=O)N3CCCCC3)s2)cc1. The van der Waals surface area contributed by atoms with E-state index in [0.717, 1.165) is 30.6 Å². The first-order chi connectivity index (χ1) is 12.9. The van der Waals surface area contributed by atoms with Crippen molar-refractivity contribution in [1.29, 1.82) is 0 Å². The van der Waals surface area contributed by atoms with Gasteiger partial charge < -0.3 is 11.1 Å². The van der Waals surface area contributed by atoms with Crippen LogP contribution in [0.15, 0.2) is 40.6 Å². The molecule has 1 aromatic heterocycles. The first-order valence-electron chi connectivity index (χ1n) is 8.65. The maximum atomic E-state index is 12.7. The zero-order valence-electron chi connectivity index (χ0n) is 14.7. The molecule has 1 saturated heterocycles. The van der Waals surface area contributed by atoms with Gasteiger partial charge in [-0.15, -0.1) is 11.3 Å². The number of amides is 2. The first kappa shape index (κ1) is 19.5. The summed E-state index contributed by atoms with van der Waals surface area (Å²) in [6.45, 7) is 1.11. The minimum Gasteiger partial charge on any atom is -0.366 e. The van der Waals surface area contributed by atoms with Crippen LogP contribution in [0.2, 0.25) is 0 Å². The highest BCUT2D eigenvalue weighted by atomic mass is 32.2. The molecule has 1 aliphatic rings. The Hall–Kier alpha value is -2.23. The lowest BCUT2D eigenvalue weighted by Crippen LogP contribution is -2.35. The Bertz CT molecular complexity index is 930. The molecular formula is C18H21N3O4S2. The summed E-state index contributed by atoms with van der Waals surface area (Å²) < 4.78 is 27.1. The van der Waals surface area contributed by atoms with Gasteiger partial charge in [0.1, 0.15) is 4.21 Å². The van der Waals surface area contributed by atoms with Gasteiger partial charge in [-0.25, -0.2) is 8.42 Å². The van der Waals surface area contributed by atoms with Crippen molar-refractivity contribution >= 4 is 38.9 Å². The fourth-order valence-corrected chi connectivity index (χ4v) is 5.93. The van der Waals surface area contributed by atoms with Gasteiger partial charge in [0.05, 0.1) is 6.42 Å². The predicted octanol–water partition coefficient (Wildman–Crippen LogP) is 2.20. The van der Waals surface area contributed by atoms with Crippen molar-refractivity contribution in [2.45, 2.75) is 29.9 Å². The Morgan fingerprint density at radius 2 is 1.70 bits per heavy atom. The molecule has 1 aliphatic heterocycles. The lowest BCUT2D eigenvalue weighted by atomic mass is 10.2. The molecule has 1 aromatic carbocycles. The van der Waals surface area contributed by atoms with Crippen molar-refractivity contribution in [3.05, 3.63) is 46.8 Å². The monoisotopic (exact) mass is 407 g/mol. The normalized spacial score (nSPS) is 15.4. The van der Waals surface area contributed by atoms with Crippen LogP contribution in [0, 0.1) is 0 Å². The van der Waals surface area contributed by atoms with Gasteiger partial charge in [-0.1, -0.05) is 6.42 Å². The van der Waals surface area contributed by atoms with Gasteiger partial charge in [-0.05, 0) is 49.2 Å². The number of nitrogens with two attached hydrogens (primary N) is 1. The minimum atomic E-state index is -3.47. The van der Waals surface area contributed by atoms with E-state index >= 15 is 0 Å². The Kier molecular flexibility index (Phi) is 5.93. The molecule has 0 bridgehead atoms. The highest BCUT2D eigenvalue weighted by Crippen LogP contribution is 2.27. The van der Waals surface area contributed by atoms with Crippen LogP contribution in [0.3, 0.4) is 0 Å². The maximum Gasteiger partial charge on any atom is 0.252 e. The van der Waals surface area contributed by atoms with Gasteiger partial charge >= 0.3 is 0 Å². The lowest BCUT2D eigenvalue weighted by Gasteiger charge is -2.25. The van der Waals surface area contributed by atoms with Crippen molar-refractivity contribution in [2.24, 2.45) is 5.73 Å². The molecule has 27 heavy (non-hydrogen) atoms. The number of nitrogens with zero attached hydrogens (tertiary/aromatic N) is 1. The number of nitrogens with one attached hydrogen (secondary N) is 1. The van der Waals surface area contributed by atoms with Crippen LogP contribution in [-0.4, -0.2) is 37.6 Å². The number of thiophene rings is 1. The van der Waals surface area contributed by atoms with E-state index in [4.69, 9.17) is 5.73 Å². The van der Waals surface area contributed by atoms with Gasteiger partial charge in [0, 0.05) is 29.2 Å². The van der Waals surface area contributed by atoms with E-state index in [2.05, 4.69) is 5.32 Å². The van der Waals surface area contributed by atoms with Crippen molar-refractivity contribution in [2.75, 3.05) is 18.4 Å². The topological polar surface area (TPSA) is 110 Å². The van der Waals surface area contributed by atoms with E-state index < -0.39 is 15.9 Å². The molecule has 2 heterocycles. The average molecular weight is 408 g/mol. The van der Waals surface area contributed by atoms with Crippen LogP contribution in [0.5, 0.6) is 0 Å². The van der Waals surface area contributed by atoms with Crippen molar-refractivity contribution < 1.29 is 18.0 Å². The smallest absolute Gasteiger partial charge is 0.252 e. The van der Waals surface area contributed by atoms with Gasteiger partial charge in [0.15, 0.2) is 0 Å². The minimum absolute atomic E-state index is 0.0811. The molecule has 2 amide bonds. The summed E-state index contributed by atoms with van der Waals surface area (Å²) in [5, 5.41) is 2.72. The quantitative estimate of drug-likeness (QED) is 0.765. The standard InChI is InChI=1S/C18H21N3O4S2/c19-18(23)13-4-6-14(7-5-13)20-16(22)12-15-8-9-17(26-15)27(24,25)21-10-2-1-3-11-21/h4-9H,1-3,10-12H2,(H2,19,23)(H,20,22). The molecule has 0 atom stereocenters. The molecular weight excluding hydrogens is 386 g/mol. The molecule has 0 spiro atoms. The third kappa shape index (κ3) is 4.74. The van der Waals surface area contributed by atoms with Crippen molar-refractivity contribution in [3.8, 4) is 0 Å². The highest BCUT2D eigenvalue weighted by molar-refractivity contribution is 7.91. The summed E-state index contributed by atoms with van der Waals surface area (Å²) >= 11 is 1.13. The fourth-order valence-electron chi connectivity index (χ4n) is 2.91. The van der Waals surface area contributed by atoms with Gasteiger partial charge in [0.25, 0.3) is 10.0 Å². The van der Waals surface area contributed by atoms with Crippen LogP contribution >= 0.6 is 11.3 Å². The van der Waals surface area contributed by atoms with Gasteiger partial charge in [0.2, 0.25) is 11.8 Å². The van der Waals surface area contributed by atoms with Crippen molar-refractivity contribution in [3.63, 3.8) is 0 Å². The highest BCUT2D eigenvalue weighted by Gasteiger charge is 2.27. The number of hydrogen-bond donors (Lipinski definition) is 2. The van der Waals surface area contributed by atoms with Crippen molar-refractivity contribution in [1.82, 2.24) is 4.31 Å². The molecule has 0 aliphatic carbocycles.